The van der Waals surface area contributed by atoms with Crippen LogP contribution in [0.5, 0.6) is 0 Å². The molecule has 0 spiro atoms. The number of aromatic amines is 1. The molecule has 21 heavy (non-hydrogen) atoms. The van der Waals surface area contributed by atoms with E-state index < -0.39 is 10.0 Å². The van der Waals surface area contributed by atoms with Crippen LogP contribution >= 0.6 is 22.7 Å². The molecule has 2 rings (SSSR count). The number of sulfonamides is 1. The molecule has 0 saturated carbocycles. The van der Waals surface area contributed by atoms with E-state index in [1.165, 1.54) is 11.3 Å². The number of aryl methyl sites for hydroxylation is 1. The van der Waals surface area contributed by atoms with Crippen LogP contribution in [0.25, 0.3) is 0 Å². The van der Waals surface area contributed by atoms with Gasteiger partial charge in [-0.3, -0.25) is 4.79 Å². The van der Waals surface area contributed by atoms with Crippen LogP contribution < -0.4 is 14.9 Å². The first-order valence-electron chi connectivity index (χ1n) is 6.38. The van der Waals surface area contributed by atoms with E-state index in [2.05, 4.69) is 15.0 Å². The third-order valence-electron chi connectivity index (χ3n) is 2.79. The lowest BCUT2D eigenvalue weighted by molar-refractivity contribution is 0.580. The van der Waals surface area contributed by atoms with Crippen molar-refractivity contribution in [3.8, 4) is 0 Å². The largest absolute Gasteiger partial charge is 0.315 e. The Kier molecular flexibility index (Phi) is 5.33. The second kappa shape index (κ2) is 6.84. The summed E-state index contributed by atoms with van der Waals surface area (Å²) in [4.78, 5) is 15.5. The number of aromatic nitrogens is 1. The van der Waals surface area contributed by atoms with Crippen molar-refractivity contribution in [2.45, 2.75) is 31.8 Å². The number of hydrogen-bond acceptors (Lipinski definition) is 6. The highest BCUT2D eigenvalue weighted by atomic mass is 32.2. The van der Waals surface area contributed by atoms with Gasteiger partial charge in [-0.05, 0) is 19.5 Å². The predicted molar refractivity (Wildman–Crippen MR) is 85.4 cm³/mol. The summed E-state index contributed by atoms with van der Waals surface area (Å²) in [5, 5.41) is 4.79. The summed E-state index contributed by atoms with van der Waals surface area (Å²) in [7, 11) is -3.57. The molecule has 0 aliphatic rings. The summed E-state index contributed by atoms with van der Waals surface area (Å²) in [6.45, 7) is 5.37. The van der Waals surface area contributed by atoms with Crippen molar-refractivity contribution in [1.29, 1.82) is 0 Å². The zero-order valence-electron chi connectivity index (χ0n) is 11.7. The van der Waals surface area contributed by atoms with Gasteiger partial charge in [0.2, 0.25) is 10.0 Å². The fraction of sp³-hybridized carbons (Fsp3) is 0.417. The average molecular weight is 347 g/mol. The first-order valence-corrected chi connectivity index (χ1v) is 9.56. The van der Waals surface area contributed by atoms with Crippen LogP contribution in [0, 0.1) is 6.92 Å². The molecule has 0 bridgehead atoms. The van der Waals surface area contributed by atoms with Crippen LogP contribution in [0.3, 0.4) is 0 Å². The number of rotatable bonds is 7. The van der Waals surface area contributed by atoms with Crippen LogP contribution in [0.4, 0.5) is 0 Å². The van der Waals surface area contributed by atoms with E-state index in [4.69, 9.17) is 0 Å². The van der Waals surface area contributed by atoms with Crippen molar-refractivity contribution >= 4 is 32.7 Å². The lowest BCUT2D eigenvalue weighted by Gasteiger charge is -2.04. The highest BCUT2D eigenvalue weighted by Crippen LogP contribution is 2.25. The first kappa shape index (κ1) is 16.4. The molecular formula is C12H17N3O3S3. The Bertz CT molecular complexity index is 758. The van der Waals surface area contributed by atoms with Crippen LogP contribution in [-0.2, 0) is 23.1 Å². The van der Waals surface area contributed by atoms with Gasteiger partial charge in [0, 0.05) is 27.4 Å². The third kappa shape index (κ3) is 4.24. The molecule has 3 N–H and O–H groups in total. The molecule has 0 aliphatic heterocycles. The summed E-state index contributed by atoms with van der Waals surface area (Å²) in [6, 6.07) is 1.70. The Morgan fingerprint density at radius 1 is 1.33 bits per heavy atom. The van der Waals surface area contributed by atoms with Gasteiger partial charge in [0.1, 0.15) is 0 Å². The van der Waals surface area contributed by atoms with Crippen molar-refractivity contribution < 1.29 is 8.42 Å². The van der Waals surface area contributed by atoms with E-state index >= 15 is 0 Å². The van der Waals surface area contributed by atoms with Gasteiger partial charge in [-0.1, -0.05) is 18.3 Å². The minimum atomic E-state index is -3.57. The normalized spacial score (nSPS) is 11.9. The molecule has 0 saturated heterocycles. The van der Waals surface area contributed by atoms with E-state index in [9.17, 15) is 13.2 Å². The van der Waals surface area contributed by atoms with Crippen LogP contribution in [0.15, 0.2) is 21.1 Å². The summed E-state index contributed by atoms with van der Waals surface area (Å²) in [5.74, 6) is 0. The Morgan fingerprint density at radius 3 is 2.71 bits per heavy atom. The molecular weight excluding hydrogens is 330 g/mol. The van der Waals surface area contributed by atoms with Crippen molar-refractivity contribution in [1.82, 2.24) is 15.0 Å². The summed E-state index contributed by atoms with van der Waals surface area (Å²) in [6.07, 6.45) is 0. The zero-order valence-corrected chi connectivity index (χ0v) is 14.2. The van der Waals surface area contributed by atoms with Gasteiger partial charge in [0.15, 0.2) is 0 Å². The van der Waals surface area contributed by atoms with Gasteiger partial charge in [0.25, 0.3) is 0 Å². The quantitative estimate of drug-likeness (QED) is 0.706. The second-order valence-corrected chi connectivity index (χ2v) is 8.33. The molecule has 0 unspecified atom stereocenters. The summed E-state index contributed by atoms with van der Waals surface area (Å²) >= 11 is 2.48. The minimum absolute atomic E-state index is 0.0822. The molecule has 0 atom stereocenters. The third-order valence-corrected chi connectivity index (χ3v) is 6.21. The SMILES string of the molecule is CCNCc1cc(S(=O)(=O)NCc2csc(=O)[nH]2)c(C)s1. The van der Waals surface area contributed by atoms with E-state index in [1.807, 2.05) is 6.92 Å². The van der Waals surface area contributed by atoms with Crippen LogP contribution in [0.1, 0.15) is 22.4 Å². The van der Waals surface area contributed by atoms with Crippen molar-refractivity contribution in [3.05, 3.63) is 36.6 Å². The molecule has 6 nitrogen and oxygen atoms in total. The van der Waals surface area contributed by atoms with Crippen molar-refractivity contribution in [2.75, 3.05) is 6.54 Å². The minimum Gasteiger partial charge on any atom is -0.315 e. The molecule has 0 radical (unpaired) electrons. The van der Waals surface area contributed by atoms with E-state index in [-0.39, 0.29) is 11.4 Å². The maximum atomic E-state index is 12.3. The lowest BCUT2D eigenvalue weighted by Crippen LogP contribution is -2.23. The topological polar surface area (TPSA) is 91.1 Å². The number of nitrogens with one attached hydrogen (secondary N) is 3. The standard InChI is InChI=1S/C12H17N3O3S3/c1-3-13-6-10-4-11(8(2)20-10)21(17,18)14-5-9-7-19-12(16)15-9/h4,7,13-14H,3,5-6H2,1-2H3,(H,15,16). The summed E-state index contributed by atoms with van der Waals surface area (Å²) < 4.78 is 27.1. The maximum absolute atomic E-state index is 12.3. The highest BCUT2D eigenvalue weighted by Gasteiger charge is 2.19. The molecule has 0 aliphatic carbocycles. The van der Waals surface area contributed by atoms with Crippen LogP contribution in [0.2, 0.25) is 0 Å². The molecule has 2 aromatic rings. The zero-order chi connectivity index (χ0) is 15.5. The maximum Gasteiger partial charge on any atom is 0.304 e. The summed E-state index contributed by atoms with van der Waals surface area (Å²) in [5.41, 5.74) is 0.564. The molecule has 2 heterocycles. The Labute approximate surface area is 131 Å². The number of thiophene rings is 1. The van der Waals surface area contributed by atoms with Crippen molar-refractivity contribution in [2.24, 2.45) is 0 Å². The fourth-order valence-corrected chi connectivity index (χ4v) is 4.97. The van der Waals surface area contributed by atoms with Crippen LogP contribution in [-0.4, -0.2) is 19.9 Å². The molecule has 9 heteroatoms. The van der Waals surface area contributed by atoms with Gasteiger partial charge >= 0.3 is 4.87 Å². The van der Waals surface area contributed by atoms with E-state index in [0.717, 1.165) is 27.6 Å². The van der Waals surface area contributed by atoms with E-state index in [1.54, 1.807) is 18.4 Å². The van der Waals surface area contributed by atoms with Gasteiger partial charge in [-0.15, -0.1) is 11.3 Å². The van der Waals surface area contributed by atoms with Crippen molar-refractivity contribution in [3.63, 3.8) is 0 Å². The molecule has 0 fully saturated rings. The Hall–Kier alpha value is -1.00. The number of thiazole rings is 1. The molecule has 116 valence electrons. The lowest BCUT2D eigenvalue weighted by atomic mass is 10.4. The number of H-pyrrole nitrogens is 1. The van der Waals surface area contributed by atoms with Gasteiger partial charge in [-0.25, -0.2) is 13.1 Å². The molecule has 0 amide bonds. The molecule has 2 aromatic heterocycles. The van der Waals surface area contributed by atoms with Gasteiger partial charge in [-0.2, -0.15) is 0 Å². The number of hydrogen-bond donors (Lipinski definition) is 3. The smallest absolute Gasteiger partial charge is 0.304 e. The average Bonchev–Trinajstić information content (AvgIpc) is 3.00. The Morgan fingerprint density at radius 2 is 2.10 bits per heavy atom. The highest BCUT2D eigenvalue weighted by molar-refractivity contribution is 7.89. The van der Waals surface area contributed by atoms with Gasteiger partial charge < -0.3 is 10.3 Å². The van der Waals surface area contributed by atoms with Gasteiger partial charge in [0.05, 0.1) is 11.4 Å². The molecule has 0 aromatic carbocycles. The first-order chi connectivity index (χ1) is 9.92. The Balaban J connectivity index is 2.11. The van der Waals surface area contributed by atoms with E-state index in [0.29, 0.717) is 17.1 Å². The monoisotopic (exact) mass is 347 g/mol. The second-order valence-electron chi connectivity index (χ2n) is 4.41. The predicted octanol–water partition coefficient (Wildman–Crippen LogP) is 1.39. The fourth-order valence-electron chi connectivity index (χ4n) is 1.78.